The predicted molar refractivity (Wildman–Crippen MR) is 53.0 cm³/mol. The third-order valence-electron chi connectivity index (χ3n) is 1.57. The number of esters is 1. The van der Waals surface area contributed by atoms with Crippen molar-refractivity contribution in [2.45, 2.75) is 6.92 Å². The summed E-state index contributed by atoms with van der Waals surface area (Å²) in [5.41, 5.74) is 0.180. The van der Waals surface area contributed by atoms with E-state index in [-0.39, 0.29) is 11.3 Å². The normalized spacial score (nSPS) is 9.93. The summed E-state index contributed by atoms with van der Waals surface area (Å²) in [7, 11) is 0. The van der Waals surface area contributed by atoms with Gasteiger partial charge in [-0.2, -0.15) is 0 Å². The third-order valence-corrected chi connectivity index (χ3v) is 1.57. The molecule has 0 bridgehead atoms. The van der Waals surface area contributed by atoms with Crippen LogP contribution in [0.4, 0.5) is 0 Å². The average molecular weight is 205 g/mol. The van der Waals surface area contributed by atoms with Crippen LogP contribution in [0.5, 0.6) is 5.75 Å². The van der Waals surface area contributed by atoms with Crippen LogP contribution in [-0.4, -0.2) is 12.4 Å². The van der Waals surface area contributed by atoms with Gasteiger partial charge in [-0.05, 0) is 19.1 Å². The Morgan fingerprint density at radius 3 is 2.80 bits per heavy atom. The van der Waals surface area contributed by atoms with Crippen molar-refractivity contribution in [2.24, 2.45) is 0 Å². The van der Waals surface area contributed by atoms with Crippen molar-refractivity contribution in [3.05, 3.63) is 42.2 Å². The van der Waals surface area contributed by atoms with Crippen LogP contribution in [0.1, 0.15) is 17.3 Å². The highest BCUT2D eigenvalue weighted by atomic mass is 16.5. The smallest absolute Gasteiger partial charge is 0.423 e. The fourth-order valence-corrected chi connectivity index (χ4v) is 0.962. The molecule has 0 N–H and O–H groups in total. The van der Waals surface area contributed by atoms with Gasteiger partial charge in [-0.1, -0.05) is 18.2 Å². The lowest BCUT2D eigenvalue weighted by Crippen LogP contribution is -2.04. The molecule has 77 valence electrons. The molecule has 0 aliphatic rings. The fourth-order valence-electron chi connectivity index (χ4n) is 0.962. The second-order valence-corrected chi connectivity index (χ2v) is 2.56. The third kappa shape index (κ3) is 2.95. The first-order chi connectivity index (χ1) is 7.29. The van der Waals surface area contributed by atoms with Crippen molar-refractivity contribution in [2.75, 3.05) is 0 Å². The van der Waals surface area contributed by atoms with E-state index in [4.69, 9.17) is 4.74 Å². The Hall–Kier alpha value is -2.10. The topological polar surface area (TPSA) is 52.6 Å². The molecule has 0 fully saturated rings. The van der Waals surface area contributed by atoms with E-state index in [1.54, 1.807) is 25.1 Å². The zero-order chi connectivity index (χ0) is 11.1. The summed E-state index contributed by atoms with van der Waals surface area (Å²) in [4.78, 5) is 21.5. The minimum Gasteiger partial charge on any atom is -0.431 e. The largest absolute Gasteiger partial charge is 0.431 e. The first-order valence-electron chi connectivity index (χ1n) is 4.24. The standard InChI is InChI=1S/C11H9O4/c1-2-7-14-11(13)9-5-3-4-6-10(9)15-8-12/h2-7H,1H3. The monoisotopic (exact) mass is 205 g/mol. The van der Waals surface area contributed by atoms with Crippen LogP contribution >= 0.6 is 0 Å². The molecule has 4 heteroatoms. The van der Waals surface area contributed by atoms with E-state index < -0.39 is 5.97 Å². The molecule has 0 aliphatic heterocycles. The molecule has 0 saturated carbocycles. The fraction of sp³-hybridized carbons (Fsp3) is 0.0909. The van der Waals surface area contributed by atoms with Crippen molar-refractivity contribution in [3.63, 3.8) is 0 Å². The molecule has 1 aromatic carbocycles. The first-order valence-corrected chi connectivity index (χ1v) is 4.24. The second kappa shape index (κ2) is 5.59. The van der Waals surface area contributed by atoms with Crippen LogP contribution in [0.2, 0.25) is 0 Å². The van der Waals surface area contributed by atoms with Gasteiger partial charge in [0.05, 0.1) is 6.26 Å². The maximum Gasteiger partial charge on any atom is 0.423 e. The lowest BCUT2D eigenvalue weighted by molar-refractivity contribution is 0.0660. The minimum absolute atomic E-state index is 0.127. The van der Waals surface area contributed by atoms with Crippen LogP contribution in [0.25, 0.3) is 0 Å². The van der Waals surface area contributed by atoms with E-state index in [2.05, 4.69) is 4.74 Å². The summed E-state index contributed by atoms with van der Waals surface area (Å²) < 4.78 is 9.24. The minimum atomic E-state index is -0.584. The summed E-state index contributed by atoms with van der Waals surface area (Å²) in [5.74, 6) is -0.457. The number of carbonyl (C=O) groups is 1. The first kappa shape index (κ1) is 11.0. The molecule has 0 atom stereocenters. The predicted octanol–water partition coefficient (Wildman–Crippen LogP) is 1.82. The molecule has 0 heterocycles. The molecule has 0 amide bonds. The molecule has 0 aliphatic carbocycles. The Morgan fingerprint density at radius 1 is 1.40 bits per heavy atom. The van der Waals surface area contributed by atoms with E-state index in [9.17, 15) is 9.59 Å². The summed E-state index contributed by atoms with van der Waals surface area (Å²) >= 11 is 0. The highest BCUT2D eigenvalue weighted by Gasteiger charge is 2.12. The van der Waals surface area contributed by atoms with Crippen LogP contribution < -0.4 is 4.74 Å². The van der Waals surface area contributed by atoms with Gasteiger partial charge >= 0.3 is 12.4 Å². The second-order valence-electron chi connectivity index (χ2n) is 2.56. The number of para-hydroxylation sites is 1. The van der Waals surface area contributed by atoms with Gasteiger partial charge in [-0.25, -0.2) is 9.59 Å². The number of carbonyl (C=O) groups excluding carboxylic acids is 2. The highest BCUT2D eigenvalue weighted by Crippen LogP contribution is 2.18. The maximum absolute atomic E-state index is 11.4. The summed E-state index contributed by atoms with van der Waals surface area (Å²) in [5, 5.41) is 0. The number of benzene rings is 1. The van der Waals surface area contributed by atoms with Crippen molar-refractivity contribution in [1.82, 2.24) is 0 Å². The Morgan fingerprint density at radius 2 is 2.13 bits per heavy atom. The molecule has 0 spiro atoms. The van der Waals surface area contributed by atoms with Crippen LogP contribution in [-0.2, 0) is 9.53 Å². The van der Waals surface area contributed by atoms with E-state index >= 15 is 0 Å². The van der Waals surface area contributed by atoms with Gasteiger partial charge in [-0.3, -0.25) is 0 Å². The Kier molecular flexibility index (Phi) is 4.09. The number of hydrogen-bond donors (Lipinski definition) is 0. The van der Waals surface area contributed by atoms with Gasteiger partial charge in [0.2, 0.25) is 0 Å². The van der Waals surface area contributed by atoms with Crippen LogP contribution in [0.3, 0.4) is 0 Å². The zero-order valence-corrected chi connectivity index (χ0v) is 8.10. The summed E-state index contributed by atoms with van der Waals surface area (Å²) in [6.45, 7) is 2.98. The molecule has 4 nitrogen and oxygen atoms in total. The van der Waals surface area contributed by atoms with Gasteiger partial charge in [0, 0.05) is 0 Å². The van der Waals surface area contributed by atoms with Crippen molar-refractivity contribution < 1.29 is 19.1 Å². The lowest BCUT2D eigenvalue weighted by atomic mass is 10.2. The molecule has 0 unspecified atom stereocenters. The SMILES string of the molecule is CC=COC(=O)c1ccccc1O[C]=O. The van der Waals surface area contributed by atoms with E-state index in [0.717, 1.165) is 0 Å². The molecule has 1 radical (unpaired) electrons. The van der Waals surface area contributed by atoms with E-state index in [1.807, 2.05) is 0 Å². The lowest BCUT2D eigenvalue weighted by Gasteiger charge is -2.03. The Balaban J connectivity index is 2.91. The Labute approximate surface area is 87.1 Å². The molecular formula is C11H9O4. The maximum atomic E-state index is 11.4. The van der Waals surface area contributed by atoms with Crippen LogP contribution in [0, 0.1) is 0 Å². The van der Waals surface area contributed by atoms with E-state index in [1.165, 1.54) is 24.9 Å². The summed E-state index contributed by atoms with van der Waals surface area (Å²) in [6, 6.07) is 6.26. The van der Waals surface area contributed by atoms with Crippen LogP contribution in [0.15, 0.2) is 36.6 Å². The molecule has 1 rings (SSSR count). The van der Waals surface area contributed by atoms with E-state index in [0.29, 0.717) is 0 Å². The van der Waals surface area contributed by atoms with Gasteiger partial charge in [0.1, 0.15) is 11.3 Å². The number of rotatable bonds is 4. The van der Waals surface area contributed by atoms with Crippen molar-refractivity contribution in [3.8, 4) is 5.75 Å². The van der Waals surface area contributed by atoms with Crippen molar-refractivity contribution >= 4 is 12.4 Å². The van der Waals surface area contributed by atoms with Gasteiger partial charge < -0.3 is 9.47 Å². The number of allylic oxidation sites excluding steroid dienone is 1. The van der Waals surface area contributed by atoms with Gasteiger partial charge in [0.15, 0.2) is 0 Å². The highest BCUT2D eigenvalue weighted by molar-refractivity contribution is 5.93. The summed E-state index contributed by atoms with van der Waals surface area (Å²) in [6.07, 6.45) is 2.83. The number of ether oxygens (including phenoxy) is 2. The number of hydrogen-bond acceptors (Lipinski definition) is 4. The van der Waals surface area contributed by atoms with Crippen molar-refractivity contribution in [1.29, 1.82) is 0 Å². The Bertz CT molecular complexity index is 382. The average Bonchev–Trinajstić information content (AvgIpc) is 2.27. The molecule has 15 heavy (non-hydrogen) atoms. The zero-order valence-electron chi connectivity index (χ0n) is 8.10. The quantitative estimate of drug-likeness (QED) is 0.555. The molecular weight excluding hydrogens is 196 g/mol. The van der Waals surface area contributed by atoms with Gasteiger partial charge in [0.25, 0.3) is 0 Å². The molecule has 1 aromatic rings. The molecule has 0 saturated heterocycles. The van der Waals surface area contributed by atoms with Gasteiger partial charge in [-0.15, -0.1) is 0 Å². The molecule has 0 aromatic heterocycles.